The van der Waals surface area contributed by atoms with Crippen molar-refractivity contribution in [3.8, 4) is 22.6 Å². The first kappa shape index (κ1) is 38.1. The van der Waals surface area contributed by atoms with E-state index in [0.717, 1.165) is 56.0 Å². The maximum atomic E-state index is 5.07. The molecule has 9 rings (SSSR count). The molecule has 0 amide bonds. The fourth-order valence-corrected chi connectivity index (χ4v) is 8.53. The predicted octanol–water partition coefficient (Wildman–Crippen LogP) is 13.3. The van der Waals surface area contributed by atoms with Gasteiger partial charge >= 0.3 is 0 Å². The van der Waals surface area contributed by atoms with Gasteiger partial charge in [0.25, 0.3) is 0 Å². The third-order valence-electron chi connectivity index (χ3n) is 11.2. The van der Waals surface area contributed by atoms with Crippen LogP contribution in [0.25, 0.3) is 55.5 Å². The zero-order valence-corrected chi connectivity index (χ0v) is 35.8. The molecule has 6 aromatic carbocycles. The molecule has 0 saturated carbocycles. The predicted molar refractivity (Wildman–Crippen MR) is 234 cm³/mol. The van der Waals surface area contributed by atoms with Crippen molar-refractivity contribution in [2.75, 3.05) is 4.90 Å². The first-order chi connectivity index (χ1) is 27.2. The van der Waals surface area contributed by atoms with Crippen molar-refractivity contribution in [2.45, 2.75) is 53.4 Å². The molecular formula is C51H46N5Pt-. The van der Waals surface area contributed by atoms with Crippen LogP contribution in [-0.4, -0.2) is 18.7 Å². The minimum Gasteiger partial charge on any atom is -0.357 e. The largest absolute Gasteiger partial charge is 0.357 e. The van der Waals surface area contributed by atoms with Gasteiger partial charge in [0.15, 0.2) is 17.4 Å². The summed E-state index contributed by atoms with van der Waals surface area (Å²) < 4.78 is 6.67. The molecule has 3 aromatic heterocycles. The average molecular weight is 924 g/mol. The van der Waals surface area contributed by atoms with E-state index in [1.807, 2.05) is 6.20 Å². The van der Waals surface area contributed by atoms with Crippen LogP contribution in [0.3, 0.4) is 0 Å². The maximum absolute atomic E-state index is 5.07. The quantitative estimate of drug-likeness (QED) is 0.142. The van der Waals surface area contributed by atoms with Crippen molar-refractivity contribution in [2.24, 2.45) is 7.05 Å². The third kappa shape index (κ3) is 6.58. The first-order valence-corrected chi connectivity index (χ1v) is 19.6. The summed E-state index contributed by atoms with van der Waals surface area (Å²) in [5.41, 5.74) is 15.9. The third-order valence-corrected chi connectivity index (χ3v) is 11.2. The van der Waals surface area contributed by atoms with E-state index in [2.05, 4.69) is 213 Å². The minimum atomic E-state index is 0. The van der Waals surface area contributed by atoms with E-state index in [0.29, 0.717) is 11.8 Å². The molecule has 0 bridgehead atoms. The van der Waals surface area contributed by atoms with Crippen molar-refractivity contribution in [1.82, 2.24) is 18.7 Å². The van der Waals surface area contributed by atoms with Gasteiger partial charge in [-0.25, -0.2) is 14.1 Å². The van der Waals surface area contributed by atoms with E-state index in [4.69, 9.17) is 4.98 Å². The van der Waals surface area contributed by atoms with Crippen LogP contribution < -0.4 is 4.90 Å². The fraction of sp³-hybridized carbons (Fsp3) is 0.176. The molecule has 0 atom stereocenters. The van der Waals surface area contributed by atoms with E-state index in [9.17, 15) is 0 Å². The van der Waals surface area contributed by atoms with Crippen molar-refractivity contribution in [1.29, 1.82) is 0 Å². The molecule has 3 heterocycles. The second-order valence-corrected chi connectivity index (χ2v) is 15.6. The van der Waals surface area contributed by atoms with Crippen molar-refractivity contribution in [3.63, 3.8) is 0 Å². The number of nitrogens with zero attached hydrogens (tertiary/aromatic N) is 5. The Kier molecular flexibility index (Phi) is 10.2. The van der Waals surface area contributed by atoms with Gasteiger partial charge in [-0.2, -0.15) is 12.1 Å². The zero-order chi connectivity index (χ0) is 38.7. The molecule has 5 nitrogen and oxygen atoms in total. The molecule has 0 unspecified atom stereocenters. The number of aromatic nitrogens is 4. The number of hydrogen-bond acceptors (Lipinski definition) is 2. The number of anilines is 3. The summed E-state index contributed by atoms with van der Waals surface area (Å²) in [6.07, 6.45) is 4.09. The minimum absolute atomic E-state index is 0. The Hall–Kier alpha value is -5.77. The summed E-state index contributed by atoms with van der Waals surface area (Å²) >= 11 is 0. The van der Waals surface area contributed by atoms with Crippen LogP contribution in [0.5, 0.6) is 0 Å². The number of aryl methyl sites for hydroxylation is 3. The molecule has 57 heavy (non-hydrogen) atoms. The Morgan fingerprint density at radius 2 is 1.26 bits per heavy atom. The average Bonchev–Trinajstić information content (AvgIpc) is 3.73. The number of hydrogen-bond donors (Lipinski definition) is 0. The van der Waals surface area contributed by atoms with Crippen LogP contribution in [-0.2, 0) is 28.1 Å². The molecule has 0 saturated heterocycles. The smallest absolute Gasteiger partial charge is 0.188 e. The molecule has 0 N–H and O–H groups in total. The number of rotatable bonds is 8. The van der Waals surface area contributed by atoms with E-state index in [-0.39, 0.29) is 21.1 Å². The Morgan fingerprint density at radius 3 is 1.98 bits per heavy atom. The molecule has 9 aromatic rings. The van der Waals surface area contributed by atoms with E-state index < -0.39 is 0 Å². The molecule has 0 radical (unpaired) electrons. The first-order valence-electron chi connectivity index (χ1n) is 19.6. The fourth-order valence-electron chi connectivity index (χ4n) is 8.53. The molecule has 286 valence electrons. The van der Waals surface area contributed by atoms with Crippen molar-refractivity contribution >= 4 is 49.9 Å². The molecule has 0 spiro atoms. The van der Waals surface area contributed by atoms with Gasteiger partial charge in [-0.3, -0.25) is 0 Å². The Labute approximate surface area is 350 Å². The summed E-state index contributed by atoms with van der Waals surface area (Å²) in [6, 6.07) is 53.5. The summed E-state index contributed by atoms with van der Waals surface area (Å²) in [5, 5.41) is 2.30. The second kappa shape index (κ2) is 15.3. The molecule has 0 aliphatic carbocycles. The number of benzene rings is 6. The Morgan fingerprint density at radius 1 is 0.632 bits per heavy atom. The molecule has 0 aliphatic heterocycles. The molecular weight excluding hydrogens is 878 g/mol. The normalized spacial score (nSPS) is 11.6. The van der Waals surface area contributed by atoms with Gasteiger partial charge in [-0.05, 0) is 94.8 Å². The number of fused-ring (bicyclic) bond motifs is 4. The molecule has 0 aliphatic rings. The topological polar surface area (TPSA) is 30.9 Å². The number of pyridine rings is 1. The molecule has 6 heteroatoms. The standard InChI is InChI=1S/C51H46N5.Pt/c1-33(2)41-20-14-21-42(34(3)4)50(41)37-27-28-52-49(29-37)56-45-22-9-8-19-43(45)44-26-25-40(31-48(44)56)55(51-35(5)15-12-16-36(51)6)39-18-13-17-38(30-39)54-32-53(7)46-23-10-11-24-47(46)54;/h8-29,32-34H,1-7H3;/q-1;. The monoisotopic (exact) mass is 923 g/mol. The van der Waals surface area contributed by atoms with Crippen LogP contribution in [0.2, 0.25) is 0 Å². The van der Waals surface area contributed by atoms with E-state index >= 15 is 0 Å². The summed E-state index contributed by atoms with van der Waals surface area (Å²) in [5.74, 6) is 1.64. The maximum Gasteiger partial charge on any atom is 0.188 e. The van der Waals surface area contributed by atoms with Gasteiger partial charge in [0.1, 0.15) is 5.82 Å². The van der Waals surface area contributed by atoms with Crippen LogP contribution in [0.4, 0.5) is 17.1 Å². The van der Waals surface area contributed by atoms with Gasteiger partial charge in [0, 0.05) is 63.3 Å². The molecule has 0 fully saturated rings. The van der Waals surface area contributed by atoms with Crippen LogP contribution in [0, 0.1) is 26.0 Å². The Balaban J connectivity index is 0.00000455. The zero-order valence-electron chi connectivity index (χ0n) is 33.5. The summed E-state index contributed by atoms with van der Waals surface area (Å²) in [4.78, 5) is 7.38. The van der Waals surface area contributed by atoms with Gasteiger partial charge < -0.3 is 9.47 Å². The van der Waals surface area contributed by atoms with Gasteiger partial charge in [-0.15, -0.1) is 29.7 Å². The Bertz CT molecular complexity index is 2890. The van der Waals surface area contributed by atoms with Gasteiger partial charge in [0.05, 0.1) is 0 Å². The van der Waals surface area contributed by atoms with E-state index in [1.165, 1.54) is 38.8 Å². The number of para-hydroxylation sites is 4. The summed E-state index contributed by atoms with van der Waals surface area (Å²) in [7, 11) is 2.09. The van der Waals surface area contributed by atoms with Crippen LogP contribution in [0.15, 0.2) is 140 Å². The SMILES string of the molecule is Cc1cccc(C)c1N(c1[c-]c(-n2[cH+]n(C)c3ccccc32)ccc1)c1[c-]c2c(cc1)c1ccccc1n2-c1cc(-c2c(C(C)C)cccc2C(C)C)ccn1.[Pt]. The van der Waals surface area contributed by atoms with Crippen molar-refractivity contribution in [3.05, 3.63) is 174 Å². The van der Waals surface area contributed by atoms with Gasteiger partial charge in [-0.1, -0.05) is 105 Å². The van der Waals surface area contributed by atoms with Crippen LogP contribution in [0.1, 0.15) is 61.8 Å². The van der Waals surface area contributed by atoms with Crippen molar-refractivity contribution < 1.29 is 21.1 Å². The second-order valence-electron chi connectivity index (χ2n) is 15.6. The summed E-state index contributed by atoms with van der Waals surface area (Å²) in [6.45, 7) is 13.5. The number of imidazole rings is 1. The van der Waals surface area contributed by atoms with Crippen LogP contribution >= 0.6 is 0 Å². The van der Waals surface area contributed by atoms with E-state index in [1.54, 1.807) is 0 Å². The van der Waals surface area contributed by atoms with Gasteiger partial charge in [0.2, 0.25) is 0 Å².